The third kappa shape index (κ3) is 7.11. The Labute approximate surface area is 351 Å². The highest BCUT2D eigenvalue weighted by Crippen LogP contribution is 2.35. The second-order valence-corrected chi connectivity index (χ2v) is 14.8. The van der Waals surface area contributed by atoms with Gasteiger partial charge in [0.05, 0.1) is 11.4 Å². The van der Waals surface area contributed by atoms with Crippen LogP contribution in [0.15, 0.2) is 211 Å². The summed E-state index contributed by atoms with van der Waals surface area (Å²) < 4.78 is 6.24. The van der Waals surface area contributed by atoms with Crippen molar-refractivity contribution in [3.05, 3.63) is 206 Å². The minimum Gasteiger partial charge on any atom is -0.456 e. The number of para-hydroxylation sites is 1. The van der Waals surface area contributed by atoms with Crippen molar-refractivity contribution in [3.8, 4) is 90.5 Å². The second kappa shape index (κ2) is 15.4. The molecule has 61 heavy (non-hydrogen) atoms. The summed E-state index contributed by atoms with van der Waals surface area (Å²) in [4.78, 5) is 29.9. The summed E-state index contributed by atoms with van der Waals surface area (Å²) in [5.74, 6) is 2.22. The first-order chi connectivity index (χ1) is 30.2. The molecule has 7 heteroatoms. The fourth-order valence-electron chi connectivity index (χ4n) is 7.71. The van der Waals surface area contributed by atoms with E-state index in [1.165, 1.54) is 5.56 Å². The van der Waals surface area contributed by atoms with Gasteiger partial charge in [-0.3, -0.25) is 4.98 Å². The lowest BCUT2D eigenvalue weighted by molar-refractivity contribution is 0.669. The molecular weight excluding hydrogens is 749 g/mol. The predicted octanol–water partition coefficient (Wildman–Crippen LogP) is 13.3. The van der Waals surface area contributed by atoms with Gasteiger partial charge in [-0.25, -0.2) is 24.9 Å². The van der Waals surface area contributed by atoms with Crippen LogP contribution in [0.4, 0.5) is 0 Å². The van der Waals surface area contributed by atoms with Crippen molar-refractivity contribution in [2.75, 3.05) is 0 Å². The number of aromatic nitrogens is 6. The van der Waals surface area contributed by atoms with E-state index >= 15 is 0 Å². The Balaban J connectivity index is 0.977. The quantitative estimate of drug-likeness (QED) is 0.152. The van der Waals surface area contributed by atoms with Gasteiger partial charge in [0.25, 0.3) is 0 Å². The third-order valence-electron chi connectivity index (χ3n) is 10.8. The maximum Gasteiger partial charge on any atom is 0.182 e. The highest BCUT2D eigenvalue weighted by molar-refractivity contribution is 6.05. The van der Waals surface area contributed by atoms with Crippen LogP contribution in [-0.2, 0) is 0 Å². The molecule has 0 bridgehead atoms. The lowest BCUT2D eigenvalue weighted by Gasteiger charge is -2.12. The van der Waals surface area contributed by atoms with Gasteiger partial charge in [-0.2, -0.15) is 0 Å². The smallest absolute Gasteiger partial charge is 0.182 e. The highest BCUT2D eigenvalue weighted by atomic mass is 16.3. The monoisotopic (exact) mass is 782 g/mol. The largest absolute Gasteiger partial charge is 0.456 e. The maximum absolute atomic E-state index is 6.24. The standard InChI is InChI=1S/C54H34N6O/c1-4-13-35(14-5-1)36-23-25-37(26-24-36)46-34-47(57-51(56-46)38-15-6-2-7-16-38)42-20-12-19-40(31-42)41-29-30-55-48(32-41)54-59-52(39-17-8-3-9-18-39)58-53(60-54)43-27-28-45-44-21-10-11-22-49(44)61-50(45)33-43/h1-34H. The van der Waals surface area contributed by atoms with E-state index < -0.39 is 0 Å². The van der Waals surface area contributed by atoms with Crippen molar-refractivity contribution in [2.45, 2.75) is 0 Å². The molecule has 4 heterocycles. The molecule has 7 aromatic carbocycles. The SMILES string of the molecule is c1ccc(-c2ccc(-c3cc(-c4cccc(-c5ccnc(-c6nc(-c7ccccc7)nc(-c7ccc8c(c7)oc7ccccc78)n6)c5)c4)nc(-c4ccccc4)n3)cc2)cc1. The van der Waals surface area contributed by atoms with Crippen molar-refractivity contribution >= 4 is 21.9 Å². The summed E-state index contributed by atoms with van der Waals surface area (Å²) in [6.07, 6.45) is 1.80. The number of fused-ring (bicyclic) bond motifs is 3. The van der Waals surface area contributed by atoms with E-state index in [1.807, 2.05) is 109 Å². The van der Waals surface area contributed by atoms with Gasteiger partial charge in [-0.05, 0) is 64.7 Å². The number of hydrogen-bond donors (Lipinski definition) is 0. The van der Waals surface area contributed by atoms with Gasteiger partial charge in [0.1, 0.15) is 16.9 Å². The van der Waals surface area contributed by atoms with Crippen LogP contribution in [0.5, 0.6) is 0 Å². The lowest BCUT2D eigenvalue weighted by atomic mass is 9.99. The topological polar surface area (TPSA) is 90.5 Å². The summed E-state index contributed by atoms with van der Waals surface area (Å²) in [6, 6.07) is 67.7. The zero-order chi connectivity index (χ0) is 40.5. The van der Waals surface area contributed by atoms with Crippen LogP contribution in [0.25, 0.3) is 112 Å². The molecule has 0 aliphatic carbocycles. The van der Waals surface area contributed by atoms with Gasteiger partial charge in [0.15, 0.2) is 23.3 Å². The van der Waals surface area contributed by atoms with Gasteiger partial charge in [-0.1, -0.05) is 158 Å². The van der Waals surface area contributed by atoms with E-state index in [9.17, 15) is 0 Å². The Kier molecular flexibility index (Phi) is 9.02. The van der Waals surface area contributed by atoms with Crippen LogP contribution in [0.2, 0.25) is 0 Å². The zero-order valence-corrected chi connectivity index (χ0v) is 32.7. The molecule has 0 saturated heterocycles. The number of rotatable bonds is 8. The molecule has 0 unspecified atom stereocenters. The van der Waals surface area contributed by atoms with Crippen LogP contribution in [-0.4, -0.2) is 29.9 Å². The molecule has 0 fully saturated rings. The van der Waals surface area contributed by atoms with E-state index in [0.29, 0.717) is 29.0 Å². The fourth-order valence-corrected chi connectivity index (χ4v) is 7.71. The minimum absolute atomic E-state index is 0.470. The van der Waals surface area contributed by atoms with E-state index in [-0.39, 0.29) is 0 Å². The van der Waals surface area contributed by atoms with Crippen LogP contribution < -0.4 is 0 Å². The summed E-state index contributed by atoms with van der Waals surface area (Å²) in [7, 11) is 0. The molecule has 0 amide bonds. The van der Waals surface area contributed by atoms with Gasteiger partial charge in [0, 0.05) is 44.8 Å². The molecular formula is C54H34N6O. The van der Waals surface area contributed by atoms with Crippen LogP contribution in [0, 0.1) is 0 Å². The molecule has 0 aliphatic heterocycles. The van der Waals surface area contributed by atoms with E-state index in [1.54, 1.807) is 6.20 Å². The molecule has 11 rings (SSSR count). The van der Waals surface area contributed by atoms with Crippen LogP contribution in [0.1, 0.15) is 0 Å². The first-order valence-electron chi connectivity index (χ1n) is 20.1. The van der Waals surface area contributed by atoms with Crippen LogP contribution >= 0.6 is 0 Å². The summed E-state index contributed by atoms with van der Waals surface area (Å²) in [5, 5.41) is 2.11. The first-order valence-corrected chi connectivity index (χ1v) is 20.1. The number of hydrogen-bond acceptors (Lipinski definition) is 7. The normalized spacial score (nSPS) is 11.3. The Morgan fingerprint density at radius 3 is 1.51 bits per heavy atom. The van der Waals surface area contributed by atoms with Gasteiger partial charge >= 0.3 is 0 Å². The number of nitrogens with zero attached hydrogens (tertiary/aromatic N) is 6. The summed E-state index contributed by atoms with van der Waals surface area (Å²) >= 11 is 0. The Bertz CT molecular complexity index is 3350. The molecule has 0 radical (unpaired) electrons. The number of furan rings is 1. The van der Waals surface area contributed by atoms with Gasteiger partial charge < -0.3 is 4.42 Å². The molecule has 0 spiro atoms. The Hall–Kier alpha value is -8.42. The summed E-state index contributed by atoms with van der Waals surface area (Å²) in [5.41, 5.74) is 12.8. The highest BCUT2D eigenvalue weighted by Gasteiger charge is 2.17. The second-order valence-electron chi connectivity index (χ2n) is 14.8. The first kappa shape index (κ1) is 35.7. The minimum atomic E-state index is 0.470. The average Bonchev–Trinajstić information content (AvgIpc) is 3.73. The molecule has 0 aliphatic rings. The molecule has 0 atom stereocenters. The molecule has 0 saturated carbocycles. The number of benzene rings is 7. The van der Waals surface area contributed by atoms with Crippen molar-refractivity contribution in [3.63, 3.8) is 0 Å². The Morgan fingerprint density at radius 1 is 0.262 bits per heavy atom. The van der Waals surface area contributed by atoms with Crippen molar-refractivity contribution in [1.29, 1.82) is 0 Å². The van der Waals surface area contributed by atoms with E-state index in [4.69, 9.17) is 34.3 Å². The summed E-state index contributed by atoms with van der Waals surface area (Å²) in [6.45, 7) is 0. The van der Waals surface area contributed by atoms with Crippen molar-refractivity contribution in [2.24, 2.45) is 0 Å². The lowest BCUT2D eigenvalue weighted by Crippen LogP contribution is -2.01. The molecule has 4 aromatic heterocycles. The molecule has 7 nitrogen and oxygen atoms in total. The van der Waals surface area contributed by atoms with Crippen molar-refractivity contribution in [1.82, 2.24) is 29.9 Å². The number of pyridine rings is 1. The molecule has 0 N–H and O–H groups in total. The van der Waals surface area contributed by atoms with Gasteiger partial charge in [-0.15, -0.1) is 0 Å². The van der Waals surface area contributed by atoms with Gasteiger partial charge in [0.2, 0.25) is 0 Å². The van der Waals surface area contributed by atoms with Crippen LogP contribution in [0.3, 0.4) is 0 Å². The fraction of sp³-hybridized carbons (Fsp3) is 0. The van der Waals surface area contributed by atoms with E-state index in [2.05, 4.69) is 91.0 Å². The maximum atomic E-state index is 6.24. The third-order valence-corrected chi connectivity index (χ3v) is 10.8. The zero-order valence-electron chi connectivity index (χ0n) is 32.7. The van der Waals surface area contributed by atoms with Crippen molar-refractivity contribution < 1.29 is 4.42 Å². The predicted molar refractivity (Wildman–Crippen MR) is 244 cm³/mol. The molecule has 286 valence electrons. The average molecular weight is 783 g/mol. The van der Waals surface area contributed by atoms with E-state index in [0.717, 1.165) is 77.8 Å². The Morgan fingerprint density at radius 2 is 0.770 bits per heavy atom. The molecule has 11 aromatic rings.